The molecule has 0 aliphatic carbocycles. The third kappa shape index (κ3) is 2.84. The van der Waals surface area contributed by atoms with Crippen LogP contribution in [-0.2, 0) is 11.3 Å². The van der Waals surface area contributed by atoms with E-state index in [-0.39, 0.29) is 5.97 Å². The van der Waals surface area contributed by atoms with E-state index in [0.29, 0.717) is 17.9 Å². The Kier molecular flexibility index (Phi) is 3.51. The van der Waals surface area contributed by atoms with Crippen LogP contribution in [0.4, 0.5) is 0 Å². The van der Waals surface area contributed by atoms with Crippen molar-refractivity contribution in [3.05, 3.63) is 60.3 Å². The Labute approximate surface area is 121 Å². The van der Waals surface area contributed by atoms with E-state index < -0.39 is 0 Å². The van der Waals surface area contributed by atoms with Crippen LogP contribution in [0.2, 0.25) is 0 Å². The lowest BCUT2D eigenvalue weighted by Gasteiger charge is -2.01. The summed E-state index contributed by atoms with van der Waals surface area (Å²) in [6.45, 7) is 0.334. The highest BCUT2D eigenvalue weighted by Gasteiger charge is 2.08. The molecule has 3 rings (SSSR count). The van der Waals surface area contributed by atoms with E-state index in [1.165, 1.54) is 7.11 Å². The third-order valence-corrected chi connectivity index (χ3v) is 2.94. The van der Waals surface area contributed by atoms with Crippen LogP contribution in [0.15, 0.2) is 49.1 Å². The zero-order valence-electron chi connectivity index (χ0n) is 11.4. The average molecular weight is 283 g/mol. The molecule has 6 heteroatoms. The van der Waals surface area contributed by atoms with Crippen molar-refractivity contribution < 1.29 is 14.3 Å². The van der Waals surface area contributed by atoms with Crippen molar-refractivity contribution >= 4 is 11.6 Å². The van der Waals surface area contributed by atoms with E-state index in [1.54, 1.807) is 35.1 Å². The lowest BCUT2D eigenvalue weighted by atomic mass is 10.3. The van der Waals surface area contributed by atoms with Gasteiger partial charge in [0.05, 0.1) is 24.6 Å². The molecule has 6 nitrogen and oxygen atoms in total. The van der Waals surface area contributed by atoms with Crippen molar-refractivity contribution in [3.8, 4) is 5.75 Å². The summed E-state index contributed by atoms with van der Waals surface area (Å²) < 4.78 is 12.1. The fourth-order valence-corrected chi connectivity index (χ4v) is 1.94. The quantitative estimate of drug-likeness (QED) is 0.686. The van der Waals surface area contributed by atoms with Crippen LogP contribution in [0.3, 0.4) is 0 Å². The van der Waals surface area contributed by atoms with Crippen LogP contribution in [0.1, 0.15) is 16.1 Å². The summed E-state index contributed by atoms with van der Waals surface area (Å²) in [7, 11) is 1.35. The maximum Gasteiger partial charge on any atom is 0.339 e. The van der Waals surface area contributed by atoms with E-state index in [9.17, 15) is 4.79 Å². The standard InChI is InChI=1S/C15H13N3O3/c1-20-15(19)11-4-5-14-17-12(9-18(14)8-11)10-21-13-3-2-6-16-7-13/h2-9H,10H2,1H3. The Morgan fingerprint density at radius 2 is 2.19 bits per heavy atom. The Morgan fingerprint density at radius 1 is 1.29 bits per heavy atom. The van der Waals surface area contributed by atoms with Crippen LogP contribution in [-0.4, -0.2) is 27.4 Å². The Bertz CT molecular complexity index is 768. The maximum absolute atomic E-state index is 11.5. The second-order valence-corrected chi connectivity index (χ2v) is 4.38. The SMILES string of the molecule is COC(=O)c1ccc2nc(COc3cccnc3)cn2c1. The average Bonchev–Trinajstić information content (AvgIpc) is 2.95. The van der Waals surface area contributed by atoms with Crippen molar-refractivity contribution in [1.29, 1.82) is 0 Å². The van der Waals surface area contributed by atoms with Crippen molar-refractivity contribution in [1.82, 2.24) is 14.4 Å². The van der Waals surface area contributed by atoms with Crippen molar-refractivity contribution in [2.75, 3.05) is 7.11 Å². The van der Waals surface area contributed by atoms with Gasteiger partial charge in [-0.1, -0.05) is 0 Å². The van der Waals surface area contributed by atoms with E-state index in [1.807, 2.05) is 18.3 Å². The molecular weight excluding hydrogens is 270 g/mol. The molecule has 21 heavy (non-hydrogen) atoms. The number of ether oxygens (including phenoxy) is 2. The number of hydrogen-bond donors (Lipinski definition) is 0. The number of aromatic nitrogens is 3. The van der Waals surface area contributed by atoms with Crippen molar-refractivity contribution in [3.63, 3.8) is 0 Å². The van der Waals surface area contributed by atoms with Gasteiger partial charge in [-0.15, -0.1) is 0 Å². The minimum atomic E-state index is -0.376. The van der Waals surface area contributed by atoms with E-state index in [2.05, 4.69) is 9.97 Å². The molecule has 0 N–H and O–H groups in total. The molecule has 0 atom stereocenters. The Morgan fingerprint density at radius 3 is 2.95 bits per heavy atom. The molecule has 0 amide bonds. The zero-order chi connectivity index (χ0) is 14.7. The number of fused-ring (bicyclic) bond motifs is 1. The summed E-state index contributed by atoms with van der Waals surface area (Å²) in [5, 5.41) is 0. The lowest BCUT2D eigenvalue weighted by Crippen LogP contribution is -2.02. The molecule has 0 radical (unpaired) electrons. The fourth-order valence-electron chi connectivity index (χ4n) is 1.94. The summed E-state index contributed by atoms with van der Waals surface area (Å²) >= 11 is 0. The molecule has 0 bridgehead atoms. The van der Waals surface area contributed by atoms with Gasteiger partial charge in [-0.2, -0.15) is 0 Å². The largest absolute Gasteiger partial charge is 0.486 e. The summed E-state index contributed by atoms with van der Waals surface area (Å²) in [4.78, 5) is 19.9. The molecule has 0 unspecified atom stereocenters. The smallest absolute Gasteiger partial charge is 0.339 e. The molecule has 0 aliphatic heterocycles. The molecule has 3 aromatic rings. The highest BCUT2D eigenvalue weighted by Crippen LogP contribution is 2.12. The molecule has 0 aliphatic rings. The van der Waals surface area contributed by atoms with E-state index >= 15 is 0 Å². The van der Waals surface area contributed by atoms with Crippen LogP contribution < -0.4 is 4.74 Å². The Hall–Kier alpha value is -2.89. The number of imidazole rings is 1. The molecule has 0 fully saturated rings. The first-order chi connectivity index (χ1) is 10.3. The van der Waals surface area contributed by atoms with Gasteiger partial charge in [0.2, 0.25) is 0 Å². The van der Waals surface area contributed by atoms with Crippen LogP contribution in [0.25, 0.3) is 5.65 Å². The topological polar surface area (TPSA) is 65.7 Å². The van der Waals surface area contributed by atoms with Crippen molar-refractivity contribution in [2.24, 2.45) is 0 Å². The molecule has 3 heterocycles. The first-order valence-corrected chi connectivity index (χ1v) is 6.35. The summed E-state index contributed by atoms with van der Waals surface area (Å²) in [6, 6.07) is 7.08. The molecular formula is C15H13N3O3. The first kappa shape index (κ1) is 13.1. The number of hydrogen-bond acceptors (Lipinski definition) is 5. The van der Waals surface area contributed by atoms with Gasteiger partial charge in [0.1, 0.15) is 18.0 Å². The minimum Gasteiger partial charge on any atom is -0.486 e. The molecule has 0 aromatic carbocycles. The number of rotatable bonds is 4. The molecule has 0 saturated carbocycles. The van der Waals surface area contributed by atoms with E-state index in [4.69, 9.17) is 9.47 Å². The second kappa shape index (κ2) is 5.62. The van der Waals surface area contributed by atoms with Gasteiger partial charge >= 0.3 is 5.97 Å². The molecule has 0 spiro atoms. The Balaban J connectivity index is 1.79. The fraction of sp³-hybridized carbons (Fsp3) is 0.133. The first-order valence-electron chi connectivity index (χ1n) is 6.35. The van der Waals surface area contributed by atoms with Gasteiger partial charge in [-0.3, -0.25) is 4.98 Å². The van der Waals surface area contributed by atoms with Crippen molar-refractivity contribution in [2.45, 2.75) is 6.61 Å². The third-order valence-electron chi connectivity index (χ3n) is 2.94. The summed E-state index contributed by atoms with van der Waals surface area (Å²) in [5.41, 5.74) is 1.98. The van der Waals surface area contributed by atoms with Crippen LogP contribution in [0, 0.1) is 0 Å². The van der Waals surface area contributed by atoms with Gasteiger partial charge in [0.25, 0.3) is 0 Å². The number of esters is 1. The maximum atomic E-state index is 11.5. The molecule has 106 valence electrons. The summed E-state index contributed by atoms with van der Waals surface area (Å²) in [5.74, 6) is 0.309. The van der Waals surface area contributed by atoms with Gasteiger partial charge in [0.15, 0.2) is 0 Å². The van der Waals surface area contributed by atoms with Gasteiger partial charge in [-0.05, 0) is 24.3 Å². The predicted molar refractivity (Wildman–Crippen MR) is 75.1 cm³/mol. The number of nitrogens with zero attached hydrogens (tertiary/aromatic N) is 3. The van der Waals surface area contributed by atoms with Gasteiger partial charge in [0, 0.05) is 18.6 Å². The minimum absolute atomic E-state index is 0.334. The molecule has 3 aromatic heterocycles. The lowest BCUT2D eigenvalue weighted by molar-refractivity contribution is 0.0600. The van der Waals surface area contributed by atoms with Crippen LogP contribution in [0.5, 0.6) is 5.75 Å². The second-order valence-electron chi connectivity index (χ2n) is 4.38. The predicted octanol–water partition coefficient (Wildman–Crippen LogP) is 2.09. The number of pyridine rings is 2. The highest BCUT2D eigenvalue weighted by molar-refractivity contribution is 5.89. The van der Waals surface area contributed by atoms with Gasteiger partial charge in [-0.25, -0.2) is 9.78 Å². The number of carbonyl (C=O) groups is 1. The van der Waals surface area contributed by atoms with Crippen LogP contribution >= 0.6 is 0 Å². The normalized spacial score (nSPS) is 10.5. The highest BCUT2D eigenvalue weighted by atomic mass is 16.5. The monoisotopic (exact) mass is 283 g/mol. The summed E-state index contributed by atoms with van der Waals surface area (Å²) in [6.07, 6.45) is 6.83. The number of methoxy groups -OCH3 is 1. The van der Waals surface area contributed by atoms with E-state index in [0.717, 1.165) is 11.3 Å². The zero-order valence-corrected chi connectivity index (χ0v) is 11.4. The number of carbonyl (C=O) groups excluding carboxylic acids is 1. The van der Waals surface area contributed by atoms with Gasteiger partial charge < -0.3 is 13.9 Å². The molecule has 0 saturated heterocycles.